The smallest absolute Gasteiger partial charge is 0.242 e. The monoisotopic (exact) mass is 246 g/mol. The van der Waals surface area contributed by atoms with E-state index in [1.54, 1.807) is 13.2 Å². The molecule has 0 bridgehead atoms. The fraction of sp³-hybridized carbons (Fsp3) is 0.286. The minimum absolute atomic E-state index is 0.0691. The summed E-state index contributed by atoms with van der Waals surface area (Å²) in [5.74, 6) is 0.630. The van der Waals surface area contributed by atoms with E-state index in [-0.39, 0.29) is 11.8 Å². The van der Waals surface area contributed by atoms with Crippen LogP contribution in [0.2, 0.25) is 0 Å². The first kappa shape index (κ1) is 14.0. The van der Waals surface area contributed by atoms with E-state index in [0.29, 0.717) is 0 Å². The molecule has 4 heteroatoms. The van der Waals surface area contributed by atoms with Crippen LogP contribution in [0.1, 0.15) is 19.4 Å². The Labute approximate surface area is 107 Å². The van der Waals surface area contributed by atoms with Crippen molar-refractivity contribution in [3.63, 3.8) is 0 Å². The molecule has 0 saturated carbocycles. The molecule has 0 atom stereocenters. The molecule has 0 heterocycles. The highest BCUT2D eigenvalue weighted by atomic mass is 16.5. The van der Waals surface area contributed by atoms with Gasteiger partial charge in [-0.05, 0) is 18.2 Å². The Morgan fingerprint density at radius 1 is 1.39 bits per heavy atom. The maximum absolute atomic E-state index is 11.2. The molecular formula is C14H18N2O2. The average molecular weight is 246 g/mol. The van der Waals surface area contributed by atoms with Crippen molar-refractivity contribution in [1.82, 2.24) is 5.43 Å². The molecule has 0 unspecified atom stereocenters. The molecule has 1 amide bonds. The molecule has 1 aromatic rings. The first-order chi connectivity index (χ1) is 8.65. The molecule has 0 saturated heterocycles. The zero-order valence-corrected chi connectivity index (χ0v) is 10.9. The summed E-state index contributed by atoms with van der Waals surface area (Å²) in [7, 11) is 1.63. The summed E-state index contributed by atoms with van der Waals surface area (Å²) < 4.78 is 5.21. The molecule has 0 aliphatic heterocycles. The first-order valence-electron chi connectivity index (χ1n) is 5.77. The van der Waals surface area contributed by atoms with Gasteiger partial charge in [0.2, 0.25) is 5.91 Å². The lowest BCUT2D eigenvalue weighted by atomic mass is 10.2. The van der Waals surface area contributed by atoms with Gasteiger partial charge < -0.3 is 4.74 Å². The number of hydrogen-bond donors (Lipinski definition) is 1. The van der Waals surface area contributed by atoms with Crippen molar-refractivity contribution in [2.24, 2.45) is 11.0 Å². The van der Waals surface area contributed by atoms with Crippen LogP contribution >= 0.6 is 0 Å². The normalized spacial score (nSPS) is 11.3. The number of methoxy groups -OCH3 is 1. The zero-order chi connectivity index (χ0) is 13.4. The molecule has 1 aromatic carbocycles. The number of nitrogens with zero attached hydrogens (tertiary/aromatic N) is 1. The Morgan fingerprint density at radius 3 is 2.78 bits per heavy atom. The summed E-state index contributed by atoms with van der Waals surface area (Å²) in [6, 6.07) is 7.67. The SMILES string of the molecule is COc1ccccc1C=CC=NNC(=O)C(C)C. The van der Waals surface area contributed by atoms with Crippen molar-refractivity contribution >= 4 is 18.2 Å². The molecule has 0 aromatic heterocycles. The van der Waals surface area contributed by atoms with Crippen LogP contribution in [0.15, 0.2) is 35.4 Å². The second-order valence-corrected chi connectivity index (χ2v) is 4.01. The summed E-state index contributed by atoms with van der Waals surface area (Å²) in [5, 5.41) is 3.81. The van der Waals surface area contributed by atoms with Gasteiger partial charge in [-0.15, -0.1) is 0 Å². The van der Waals surface area contributed by atoms with E-state index < -0.39 is 0 Å². The molecule has 4 nitrogen and oxygen atoms in total. The zero-order valence-electron chi connectivity index (χ0n) is 10.9. The van der Waals surface area contributed by atoms with Gasteiger partial charge in [0, 0.05) is 17.7 Å². The predicted molar refractivity (Wildman–Crippen MR) is 73.5 cm³/mol. The largest absolute Gasteiger partial charge is 0.496 e. The van der Waals surface area contributed by atoms with Crippen LogP contribution in [0.4, 0.5) is 0 Å². The third-order valence-corrected chi connectivity index (χ3v) is 2.27. The average Bonchev–Trinajstić information content (AvgIpc) is 2.38. The minimum atomic E-state index is -0.100. The van der Waals surface area contributed by atoms with Crippen molar-refractivity contribution in [2.75, 3.05) is 7.11 Å². The van der Waals surface area contributed by atoms with E-state index >= 15 is 0 Å². The van der Waals surface area contributed by atoms with E-state index in [1.807, 2.05) is 44.2 Å². The Morgan fingerprint density at radius 2 is 2.11 bits per heavy atom. The fourth-order valence-electron chi connectivity index (χ4n) is 1.22. The number of ether oxygens (including phenoxy) is 1. The predicted octanol–water partition coefficient (Wildman–Crippen LogP) is 2.47. The van der Waals surface area contributed by atoms with E-state index in [4.69, 9.17) is 4.74 Å². The van der Waals surface area contributed by atoms with Crippen LogP contribution in [0.5, 0.6) is 5.75 Å². The number of benzene rings is 1. The lowest BCUT2D eigenvalue weighted by Gasteiger charge is -2.02. The van der Waals surface area contributed by atoms with Gasteiger partial charge in [0.1, 0.15) is 5.75 Å². The molecule has 0 aliphatic rings. The summed E-state index contributed by atoms with van der Waals surface area (Å²) in [5.41, 5.74) is 3.40. The molecule has 0 fully saturated rings. The molecule has 1 rings (SSSR count). The molecule has 18 heavy (non-hydrogen) atoms. The number of para-hydroxylation sites is 1. The number of carbonyl (C=O) groups excluding carboxylic acids is 1. The summed E-state index contributed by atoms with van der Waals surface area (Å²) in [6.07, 6.45) is 5.15. The summed E-state index contributed by atoms with van der Waals surface area (Å²) in [4.78, 5) is 11.2. The van der Waals surface area contributed by atoms with Crippen molar-refractivity contribution in [3.05, 3.63) is 35.9 Å². The highest BCUT2D eigenvalue weighted by Gasteiger charge is 2.03. The molecular weight excluding hydrogens is 228 g/mol. The van der Waals surface area contributed by atoms with Crippen LogP contribution < -0.4 is 10.2 Å². The van der Waals surface area contributed by atoms with Gasteiger partial charge in [0.05, 0.1) is 7.11 Å². The van der Waals surface area contributed by atoms with E-state index in [9.17, 15) is 4.79 Å². The minimum Gasteiger partial charge on any atom is -0.496 e. The van der Waals surface area contributed by atoms with Gasteiger partial charge in [-0.25, -0.2) is 5.43 Å². The topological polar surface area (TPSA) is 50.7 Å². The quantitative estimate of drug-likeness (QED) is 0.641. The number of carbonyl (C=O) groups is 1. The summed E-state index contributed by atoms with van der Waals surface area (Å²) >= 11 is 0. The summed E-state index contributed by atoms with van der Waals surface area (Å²) in [6.45, 7) is 3.63. The molecule has 0 aliphatic carbocycles. The van der Waals surface area contributed by atoms with Gasteiger partial charge in [-0.2, -0.15) is 5.10 Å². The van der Waals surface area contributed by atoms with Crippen LogP contribution in [0.25, 0.3) is 6.08 Å². The van der Waals surface area contributed by atoms with Gasteiger partial charge in [0.25, 0.3) is 0 Å². The standard InChI is InChI=1S/C14H18N2O2/c1-11(2)14(17)16-15-10-6-8-12-7-4-5-9-13(12)18-3/h4-11H,1-3H3,(H,16,17). The first-order valence-corrected chi connectivity index (χ1v) is 5.77. The second kappa shape index (κ2) is 7.27. The van der Waals surface area contributed by atoms with Crippen molar-refractivity contribution in [2.45, 2.75) is 13.8 Å². The number of amides is 1. The van der Waals surface area contributed by atoms with Crippen LogP contribution in [0, 0.1) is 5.92 Å². The van der Waals surface area contributed by atoms with Crippen LogP contribution in [-0.4, -0.2) is 19.2 Å². The Balaban J connectivity index is 2.55. The molecule has 96 valence electrons. The van der Waals surface area contributed by atoms with Crippen molar-refractivity contribution in [1.29, 1.82) is 0 Å². The molecule has 0 spiro atoms. The lowest BCUT2D eigenvalue weighted by molar-refractivity contribution is -0.123. The van der Waals surface area contributed by atoms with Crippen LogP contribution in [0.3, 0.4) is 0 Å². The van der Waals surface area contributed by atoms with Gasteiger partial charge in [-0.1, -0.05) is 32.0 Å². The number of hydrogen-bond acceptors (Lipinski definition) is 3. The van der Waals surface area contributed by atoms with E-state index in [2.05, 4.69) is 10.5 Å². The van der Waals surface area contributed by atoms with E-state index in [1.165, 1.54) is 6.21 Å². The molecule has 1 N–H and O–H groups in total. The van der Waals surface area contributed by atoms with Crippen LogP contribution in [-0.2, 0) is 4.79 Å². The number of rotatable bonds is 5. The highest BCUT2D eigenvalue weighted by molar-refractivity contribution is 5.82. The lowest BCUT2D eigenvalue weighted by Crippen LogP contribution is -2.22. The Hall–Kier alpha value is -2.10. The number of allylic oxidation sites excluding steroid dienone is 1. The van der Waals surface area contributed by atoms with Gasteiger partial charge in [-0.3, -0.25) is 4.79 Å². The fourth-order valence-corrected chi connectivity index (χ4v) is 1.22. The van der Waals surface area contributed by atoms with Crippen molar-refractivity contribution < 1.29 is 9.53 Å². The number of hydrazone groups is 1. The van der Waals surface area contributed by atoms with Crippen molar-refractivity contribution in [3.8, 4) is 5.75 Å². The Kier molecular flexibility index (Phi) is 5.64. The third kappa shape index (κ3) is 4.41. The molecule has 0 radical (unpaired) electrons. The number of nitrogens with one attached hydrogen (secondary N) is 1. The van der Waals surface area contributed by atoms with E-state index in [0.717, 1.165) is 11.3 Å². The van der Waals surface area contributed by atoms with Gasteiger partial charge in [0.15, 0.2) is 0 Å². The Bertz CT molecular complexity index is 451. The maximum Gasteiger partial charge on any atom is 0.242 e. The second-order valence-electron chi connectivity index (χ2n) is 4.01. The third-order valence-electron chi connectivity index (χ3n) is 2.27. The highest BCUT2D eigenvalue weighted by Crippen LogP contribution is 2.18. The maximum atomic E-state index is 11.2. The van der Waals surface area contributed by atoms with Gasteiger partial charge >= 0.3 is 0 Å².